The predicted molar refractivity (Wildman–Crippen MR) is 89.5 cm³/mol. The second kappa shape index (κ2) is 8.29. The standard InChI is InChI=1S/C13H21N3O2S.2ClH/c1-8-7-15-12(19-8)13(2,3)16-11(17)10-5-4-9(6-14)18-10;;/h7,9-10H,4-6,14H2,1-3H3,(H,16,17);2*1H/t9-,10+;;/m1../s1. The molecule has 0 aliphatic carbocycles. The predicted octanol–water partition coefficient (Wildman–Crippen LogP) is 2.15. The van der Waals surface area contributed by atoms with Gasteiger partial charge < -0.3 is 15.8 Å². The summed E-state index contributed by atoms with van der Waals surface area (Å²) >= 11 is 1.60. The summed E-state index contributed by atoms with van der Waals surface area (Å²) in [7, 11) is 0. The minimum atomic E-state index is -0.472. The quantitative estimate of drug-likeness (QED) is 0.867. The number of nitrogens with two attached hydrogens (primary N) is 1. The highest BCUT2D eigenvalue weighted by Crippen LogP contribution is 2.26. The van der Waals surface area contributed by atoms with Crippen molar-refractivity contribution in [1.29, 1.82) is 0 Å². The van der Waals surface area contributed by atoms with Crippen LogP contribution in [0.5, 0.6) is 0 Å². The Morgan fingerprint density at radius 1 is 1.52 bits per heavy atom. The molecule has 0 unspecified atom stereocenters. The maximum absolute atomic E-state index is 12.2. The van der Waals surface area contributed by atoms with Gasteiger partial charge >= 0.3 is 0 Å². The Kier molecular flexibility index (Phi) is 8.13. The van der Waals surface area contributed by atoms with E-state index < -0.39 is 5.54 Å². The molecule has 1 saturated heterocycles. The van der Waals surface area contributed by atoms with Crippen molar-refractivity contribution in [2.75, 3.05) is 6.54 Å². The molecular weight excluding hydrogens is 333 g/mol. The molecule has 3 N–H and O–H groups in total. The van der Waals surface area contributed by atoms with Crippen LogP contribution in [0.4, 0.5) is 0 Å². The first-order valence-corrected chi connectivity index (χ1v) is 7.34. The van der Waals surface area contributed by atoms with Crippen molar-refractivity contribution in [3.63, 3.8) is 0 Å². The third-order valence-electron chi connectivity index (χ3n) is 3.25. The maximum Gasteiger partial charge on any atom is 0.249 e. The normalized spacial score (nSPS) is 21.3. The van der Waals surface area contributed by atoms with Gasteiger partial charge in [-0.1, -0.05) is 0 Å². The number of amides is 1. The molecule has 0 radical (unpaired) electrons. The summed E-state index contributed by atoms with van der Waals surface area (Å²) in [4.78, 5) is 17.7. The molecule has 1 aliphatic rings. The molecule has 0 spiro atoms. The van der Waals surface area contributed by atoms with Crippen LogP contribution in [0.1, 0.15) is 36.6 Å². The fourth-order valence-corrected chi connectivity index (χ4v) is 2.98. The Balaban J connectivity index is 0.00000200. The summed E-state index contributed by atoms with van der Waals surface area (Å²) in [5, 5.41) is 3.92. The van der Waals surface area contributed by atoms with Crippen LogP contribution in [-0.2, 0) is 15.1 Å². The zero-order valence-electron chi connectivity index (χ0n) is 12.4. The summed E-state index contributed by atoms with van der Waals surface area (Å²) in [6.45, 7) is 6.39. The number of carbonyl (C=O) groups excluding carboxylic acids is 1. The molecule has 2 rings (SSSR count). The SMILES string of the molecule is Cc1cnc(C(C)(C)NC(=O)[C@@H]2CC[C@H](CN)O2)s1.Cl.Cl. The Morgan fingerprint density at radius 2 is 2.19 bits per heavy atom. The van der Waals surface area contributed by atoms with Crippen molar-refractivity contribution < 1.29 is 9.53 Å². The molecule has 2 heterocycles. The Labute approximate surface area is 141 Å². The van der Waals surface area contributed by atoms with Crippen LogP contribution in [0.25, 0.3) is 0 Å². The number of nitrogens with one attached hydrogen (secondary N) is 1. The Hall–Kier alpha value is -0.400. The van der Waals surface area contributed by atoms with E-state index in [4.69, 9.17) is 10.5 Å². The van der Waals surface area contributed by atoms with Crippen LogP contribution in [0.15, 0.2) is 6.20 Å². The molecule has 1 aromatic heterocycles. The van der Waals surface area contributed by atoms with Gasteiger partial charge in [0.1, 0.15) is 11.1 Å². The monoisotopic (exact) mass is 355 g/mol. The van der Waals surface area contributed by atoms with E-state index in [1.54, 1.807) is 11.3 Å². The molecule has 122 valence electrons. The first-order chi connectivity index (χ1) is 8.92. The van der Waals surface area contributed by atoms with Crippen molar-refractivity contribution in [3.05, 3.63) is 16.1 Å². The maximum atomic E-state index is 12.2. The second-order valence-corrected chi connectivity index (χ2v) is 6.68. The zero-order valence-corrected chi connectivity index (χ0v) is 14.9. The van der Waals surface area contributed by atoms with Gasteiger partial charge in [0.25, 0.3) is 0 Å². The van der Waals surface area contributed by atoms with Crippen LogP contribution in [0.2, 0.25) is 0 Å². The molecule has 0 bridgehead atoms. The fraction of sp³-hybridized carbons (Fsp3) is 0.692. The van der Waals surface area contributed by atoms with Gasteiger partial charge in [-0.25, -0.2) is 4.98 Å². The third-order valence-corrected chi connectivity index (χ3v) is 4.49. The minimum absolute atomic E-state index is 0. The Morgan fingerprint density at radius 3 is 2.67 bits per heavy atom. The number of thiazole rings is 1. The molecule has 8 heteroatoms. The van der Waals surface area contributed by atoms with Gasteiger partial charge in [-0.05, 0) is 33.6 Å². The van der Waals surface area contributed by atoms with Gasteiger partial charge in [-0.15, -0.1) is 36.2 Å². The number of halogens is 2. The highest BCUT2D eigenvalue weighted by molar-refractivity contribution is 7.11. The average Bonchev–Trinajstić information content (AvgIpc) is 2.96. The van der Waals surface area contributed by atoms with Crippen LogP contribution < -0.4 is 11.1 Å². The van der Waals surface area contributed by atoms with Crippen molar-refractivity contribution in [3.8, 4) is 0 Å². The molecule has 0 aromatic carbocycles. The van der Waals surface area contributed by atoms with Gasteiger partial charge in [0.05, 0.1) is 11.6 Å². The minimum Gasteiger partial charge on any atom is -0.364 e. The first kappa shape index (κ1) is 20.6. The second-order valence-electron chi connectivity index (χ2n) is 5.45. The van der Waals surface area contributed by atoms with Crippen molar-refractivity contribution in [2.24, 2.45) is 5.73 Å². The molecular formula is C13H23Cl2N3O2S. The van der Waals surface area contributed by atoms with Crippen molar-refractivity contribution in [2.45, 2.75) is 51.4 Å². The van der Waals surface area contributed by atoms with Gasteiger partial charge in [0.2, 0.25) is 5.91 Å². The molecule has 5 nitrogen and oxygen atoms in total. The zero-order chi connectivity index (χ0) is 14.0. The van der Waals surface area contributed by atoms with E-state index in [-0.39, 0.29) is 42.9 Å². The molecule has 1 fully saturated rings. The lowest BCUT2D eigenvalue weighted by Crippen LogP contribution is -2.46. The van der Waals surface area contributed by atoms with Gasteiger partial charge in [0, 0.05) is 17.6 Å². The van der Waals surface area contributed by atoms with Crippen molar-refractivity contribution >= 4 is 42.1 Å². The van der Waals surface area contributed by atoms with Crippen LogP contribution in [-0.4, -0.2) is 29.6 Å². The van der Waals surface area contributed by atoms with Crippen LogP contribution in [0.3, 0.4) is 0 Å². The number of rotatable bonds is 4. The lowest BCUT2D eigenvalue weighted by molar-refractivity contribution is -0.133. The molecule has 1 aliphatic heterocycles. The average molecular weight is 356 g/mol. The highest BCUT2D eigenvalue weighted by Gasteiger charge is 2.34. The number of hydrogen-bond acceptors (Lipinski definition) is 5. The number of aromatic nitrogens is 1. The van der Waals surface area contributed by atoms with Gasteiger partial charge in [-0.2, -0.15) is 0 Å². The number of carbonyl (C=O) groups is 1. The van der Waals surface area contributed by atoms with E-state index in [0.29, 0.717) is 6.54 Å². The van der Waals surface area contributed by atoms with Gasteiger partial charge in [-0.3, -0.25) is 4.79 Å². The first-order valence-electron chi connectivity index (χ1n) is 6.53. The summed E-state index contributed by atoms with van der Waals surface area (Å²) in [6.07, 6.45) is 3.05. The van der Waals surface area contributed by atoms with E-state index >= 15 is 0 Å². The van der Waals surface area contributed by atoms with E-state index in [1.807, 2.05) is 27.0 Å². The lowest BCUT2D eigenvalue weighted by Gasteiger charge is -2.25. The molecule has 1 amide bonds. The molecule has 0 saturated carbocycles. The van der Waals surface area contributed by atoms with E-state index in [0.717, 1.165) is 22.7 Å². The molecule has 21 heavy (non-hydrogen) atoms. The summed E-state index contributed by atoms with van der Waals surface area (Å²) in [6, 6.07) is 0. The topological polar surface area (TPSA) is 77.2 Å². The highest BCUT2D eigenvalue weighted by atomic mass is 35.5. The third kappa shape index (κ3) is 5.07. The largest absolute Gasteiger partial charge is 0.364 e. The van der Waals surface area contributed by atoms with E-state index in [9.17, 15) is 4.79 Å². The fourth-order valence-electron chi connectivity index (χ4n) is 2.16. The van der Waals surface area contributed by atoms with Crippen molar-refractivity contribution in [1.82, 2.24) is 10.3 Å². The number of ether oxygens (including phenoxy) is 1. The van der Waals surface area contributed by atoms with Crippen LogP contribution >= 0.6 is 36.2 Å². The van der Waals surface area contributed by atoms with E-state index in [1.165, 1.54) is 0 Å². The smallest absolute Gasteiger partial charge is 0.249 e. The number of aryl methyl sites for hydroxylation is 1. The summed E-state index contributed by atoms with van der Waals surface area (Å²) in [5.74, 6) is -0.0752. The Bertz CT molecular complexity index is 468. The van der Waals surface area contributed by atoms with Crippen LogP contribution in [0, 0.1) is 6.92 Å². The van der Waals surface area contributed by atoms with E-state index in [2.05, 4.69) is 10.3 Å². The lowest BCUT2D eigenvalue weighted by atomic mass is 10.1. The number of nitrogens with zero attached hydrogens (tertiary/aromatic N) is 1. The van der Waals surface area contributed by atoms with Gasteiger partial charge in [0.15, 0.2) is 0 Å². The molecule has 2 atom stereocenters. The molecule has 1 aromatic rings. The number of hydrogen-bond donors (Lipinski definition) is 2. The summed E-state index contributed by atoms with van der Waals surface area (Å²) in [5.41, 5.74) is 5.08. The summed E-state index contributed by atoms with van der Waals surface area (Å²) < 4.78 is 5.61.